The van der Waals surface area contributed by atoms with Crippen LogP contribution in [0.1, 0.15) is 46.7 Å². The molecule has 0 saturated carbocycles. The molecule has 28 heavy (non-hydrogen) atoms. The van der Waals surface area contributed by atoms with Crippen LogP contribution < -0.4 is 0 Å². The maximum absolute atomic E-state index is 12.5. The summed E-state index contributed by atoms with van der Waals surface area (Å²) >= 11 is 0. The Morgan fingerprint density at radius 2 is 1.89 bits per heavy atom. The third-order valence-electron chi connectivity index (χ3n) is 4.74. The van der Waals surface area contributed by atoms with Crippen LogP contribution in [0.4, 0.5) is 0 Å². The average Bonchev–Trinajstić information content (AvgIpc) is 3.12. The Bertz CT molecular complexity index is 1020. The lowest BCUT2D eigenvalue weighted by molar-refractivity contribution is 0.0517. The second-order valence-corrected chi connectivity index (χ2v) is 6.46. The Kier molecular flexibility index (Phi) is 5.04. The maximum atomic E-state index is 12.5. The van der Waals surface area contributed by atoms with E-state index in [4.69, 9.17) is 9.73 Å². The molecule has 142 valence electrons. The Morgan fingerprint density at radius 1 is 1.14 bits per heavy atom. The van der Waals surface area contributed by atoms with Gasteiger partial charge in [0.25, 0.3) is 0 Å². The summed E-state index contributed by atoms with van der Waals surface area (Å²) in [6, 6.07) is 17.4. The third-order valence-corrected chi connectivity index (χ3v) is 4.74. The van der Waals surface area contributed by atoms with Gasteiger partial charge in [0.2, 0.25) is 0 Å². The molecule has 0 fully saturated rings. The van der Waals surface area contributed by atoms with Crippen LogP contribution in [0.5, 0.6) is 0 Å². The van der Waals surface area contributed by atoms with Gasteiger partial charge in [-0.1, -0.05) is 48.5 Å². The quantitative estimate of drug-likeness (QED) is 0.694. The first-order valence-corrected chi connectivity index (χ1v) is 9.32. The molecule has 0 amide bonds. The minimum absolute atomic E-state index is 0.0555. The van der Waals surface area contributed by atoms with E-state index in [1.165, 1.54) is 0 Å². The van der Waals surface area contributed by atoms with Crippen molar-refractivity contribution in [2.45, 2.75) is 19.4 Å². The van der Waals surface area contributed by atoms with E-state index in [0.717, 1.165) is 22.5 Å². The van der Waals surface area contributed by atoms with Crippen molar-refractivity contribution in [3.05, 3.63) is 83.4 Å². The van der Waals surface area contributed by atoms with Gasteiger partial charge in [0, 0.05) is 17.7 Å². The van der Waals surface area contributed by atoms with E-state index in [1.54, 1.807) is 13.3 Å². The number of hydrogen-bond acceptors (Lipinski definition) is 5. The van der Waals surface area contributed by atoms with Gasteiger partial charge in [-0.25, -0.2) is 9.78 Å². The Labute approximate surface area is 163 Å². The molecule has 0 spiro atoms. The van der Waals surface area contributed by atoms with Crippen molar-refractivity contribution in [2.75, 3.05) is 13.2 Å². The van der Waals surface area contributed by atoms with Gasteiger partial charge in [0.05, 0.1) is 29.7 Å². The molecular formula is C22H21N3O3. The van der Waals surface area contributed by atoms with Crippen LogP contribution >= 0.6 is 0 Å². The minimum atomic E-state index is -0.477. The molecule has 0 radical (unpaired) electrons. The number of fused-ring (bicyclic) bond motifs is 3. The summed E-state index contributed by atoms with van der Waals surface area (Å²) in [5.41, 5.74) is 4.54. The molecule has 2 aromatic carbocycles. The summed E-state index contributed by atoms with van der Waals surface area (Å²) in [5, 5.41) is 9.66. The van der Waals surface area contributed by atoms with Gasteiger partial charge in [-0.2, -0.15) is 0 Å². The number of nitrogens with zero attached hydrogens (tertiary/aromatic N) is 3. The number of aromatic nitrogens is 2. The molecule has 1 aromatic heterocycles. The van der Waals surface area contributed by atoms with Gasteiger partial charge in [-0.05, 0) is 19.4 Å². The van der Waals surface area contributed by atoms with Gasteiger partial charge >= 0.3 is 5.97 Å². The summed E-state index contributed by atoms with van der Waals surface area (Å²) in [5.74, 6) is -0.477. The van der Waals surface area contributed by atoms with Gasteiger partial charge in [-0.3, -0.25) is 9.56 Å². The van der Waals surface area contributed by atoms with Crippen LogP contribution in [0, 0.1) is 0 Å². The van der Waals surface area contributed by atoms with Gasteiger partial charge < -0.3 is 9.84 Å². The lowest BCUT2D eigenvalue weighted by Crippen LogP contribution is -2.13. The van der Waals surface area contributed by atoms with Crippen LogP contribution in [-0.2, 0) is 4.74 Å². The fourth-order valence-corrected chi connectivity index (χ4v) is 3.55. The number of esters is 1. The van der Waals surface area contributed by atoms with Crippen LogP contribution in [0.15, 0.2) is 65.9 Å². The number of ether oxygens (including phenoxy) is 1. The highest BCUT2D eigenvalue weighted by molar-refractivity contribution is 6.15. The van der Waals surface area contributed by atoms with Gasteiger partial charge in [0.15, 0.2) is 5.69 Å². The molecule has 4 rings (SSSR count). The van der Waals surface area contributed by atoms with Crippen LogP contribution in [0.3, 0.4) is 0 Å². The molecular weight excluding hydrogens is 354 g/mol. The lowest BCUT2D eigenvalue weighted by atomic mass is 10.0. The van der Waals surface area contributed by atoms with E-state index < -0.39 is 12.0 Å². The van der Waals surface area contributed by atoms with Crippen LogP contribution in [0.2, 0.25) is 0 Å². The fourth-order valence-electron chi connectivity index (χ4n) is 3.55. The SMILES string of the molecule is CCOC(=O)c1ncn2c1C(CCO)N=C(c1ccccc1)c1ccccc1-2. The molecule has 1 aliphatic heterocycles. The zero-order valence-electron chi connectivity index (χ0n) is 15.6. The number of hydrogen-bond donors (Lipinski definition) is 1. The van der Waals surface area contributed by atoms with E-state index in [0.29, 0.717) is 12.1 Å². The van der Waals surface area contributed by atoms with E-state index in [2.05, 4.69) is 4.98 Å². The number of carbonyl (C=O) groups excluding carboxylic acids is 1. The summed E-state index contributed by atoms with van der Waals surface area (Å²) in [6.45, 7) is 1.98. The smallest absolute Gasteiger partial charge is 0.358 e. The number of aliphatic hydroxyl groups is 1. The van der Waals surface area contributed by atoms with E-state index >= 15 is 0 Å². The second kappa shape index (κ2) is 7.78. The Balaban J connectivity index is 1.97. The van der Waals surface area contributed by atoms with Crippen molar-refractivity contribution in [2.24, 2.45) is 4.99 Å². The first-order chi connectivity index (χ1) is 13.7. The molecule has 6 nitrogen and oxygen atoms in total. The number of carbonyl (C=O) groups is 1. The van der Waals surface area contributed by atoms with Crippen molar-refractivity contribution in [3.8, 4) is 5.69 Å². The van der Waals surface area contributed by atoms with Crippen LogP contribution in [-0.4, -0.2) is 39.6 Å². The molecule has 0 saturated heterocycles. The average molecular weight is 375 g/mol. The lowest BCUT2D eigenvalue weighted by Gasteiger charge is -2.14. The number of benzene rings is 2. The maximum Gasteiger partial charge on any atom is 0.358 e. The molecule has 2 heterocycles. The molecule has 1 atom stereocenters. The molecule has 0 aliphatic carbocycles. The zero-order chi connectivity index (χ0) is 19.5. The minimum Gasteiger partial charge on any atom is -0.461 e. The van der Waals surface area contributed by atoms with Crippen molar-refractivity contribution < 1.29 is 14.6 Å². The highest BCUT2D eigenvalue weighted by Crippen LogP contribution is 2.34. The zero-order valence-corrected chi connectivity index (χ0v) is 15.6. The molecule has 3 aromatic rings. The topological polar surface area (TPSA) is 76.7 Å². The Hall–Kier alpha value is -3.25. The van der Waals surface area contributed by atoms with Crippen molar-refractivity contribution >= 4 is 11.7 Å². The number of aliphatic hydroxyl groups excluding tert-OH is 1. The van der Waals surface area contributed by atoms with E-state index in [-0.39, 0.29) is 18.9 Å². The number of aliphatic imine (C=N–C) groups is 1. The predicted octanol–water partition coefficient (Wildman–Crippen LogP) is 3.32. The summed E-state index contributed by atoms with van der Waals surface area (Å²) < 4.78 is 7.08. The number of imidazole rings is 1. The summed E-state index contributed by atoms with van der Waals surface area (Å²) in [7, 11) is 0. The standard InChI is InChI=1S/C22H21N3O3/c1-2-28-22(27)20-21-17(12-13-26)24-19(15-8-4-3-5-9-15)16-10-6-7-11-18(16)25(21)14-23-20/h3-11,14,17,26H,2,12-13H2,1H3. The normalized spacial score (nSPS) is 15.2. The number of para-hydroxylation sites is 1. The van der Waals surface area contributed by atoms with E-state index in [9.17, 15) is 9.90 Å². The first kappa shape index (κ1) is 18.1. The summed E-state index contributed by atoms with van der Waals surface area (Å²) in [6.07, 6.45) is 2.01. The fraction of sp³-hybridized carbons (Fsp3) is 0.227. The first-order valence-electron chi connectivity index (χ1n) is 9.32. The molecule has 1 N–H and O–H groups in total. The van der Waals surface area contributed by atoms with Gasteiger partial charge in [-0.15, -0.1) is 0 Å². The highest BCUT2D eigenvalue weighted by Gasteiger charge is 2.30. The summed E-state index contributed by atoms with van der Waals surface area (Å²) in [4.78, 5) is 21.8. The van der Waals surface area contributed by atoms with Crippen molar-refractivity contribution in [1.29, 1.82) is 0 Å². The predicted molar refractivity (Wildman–Crippen MR) is 106 cm³/mol. The van der Waals surface area contributed by atoms with Crippen LogP contribution in [0.25, 0.3) is 5.69 Å². The molecule has 1 unspecified atom stereocenters. The van der Waals surface area contributed by atoms with E-state index in [1.807, 2.05) is 59.2 Å². The monoisotopic (exact) mass is 375 g/mol. The second-order valence-electron chi connectivity index (χ2n) is 6.46. The highest BCUT2D eigenvalue weighted by atomic mass is 16.5. The Morgan fingerprint density at radius 3 is 2.64 bits per heavy atom. The molecule has 1 aliphatic rings. The van der Waals surface area contributed by atoms with Gasteiger partial charge in [0.1, 0.15) is 6.33 Å². The number of rotatable bonds is 5. The largest absolute Gasteiger partial charge is 0.461 e. The van der Waals surface area contributed by atoms with Crippen molar-refractivity contribution in [1.82, 2.24) is 9.55 Å². The third kappa shape index (κ3) is 3.12. The molecule has 0 bridgehead atoms. The van der Waals surface area contributed by atoms with Crippen molar-refractivity contribution in [3.63, 3.8) is 0 Å². The molecule has 6 heteroatoms.